The standard InChI is InChI=1S/C16H14FNS/c1-11-3-4-12(2)16(7-11)19-10-13-5-6-15(17)14(8-13)9-18/h3-8H,10H2,1-2H3. The van der Waals surface area contributed by atoms with E-state index < -0.39 is 5.82 Å². The first-order valence-corrected chi connectivity index (χ1v) is 6.97. The monoisotopic (exact) mass is 271 g/mol. The largest absolute Gasteiger partial charge is 0.206 e. The van der Waals surface area contributed by atoms with Crippen molar-refractivity contribution in [3.8, 4) is 6.07 Å². The van der Waals surface area contributed by atoms with Crippen LogP contribution < -0.4 is 0 Å². The average molecular weight is 271 g/mol. The summed E-state index contributed by atoms with van der Waals surface area (Å²) in [5, 5.41) is 8.81. The number of thioether (sulfide) groups is 1. The number of halogens is 1. The maximum Gasteiger partial charge on any atom is 0.140 e. The van der Waals surface area contributed by atoms with Gasteiger partial charge in [0.15, 0.2) is 0 Å². The number of nitrogens with zero attached hydrogens (tertiary/aromatic N) is 1. The van der Waals surface area contributed by atoms with Gasteiger partial charge in [-0.1, -0.05) is 23.8 Å². The first-order valence-electron chi connectivity index (χ1n) is 5.99. The summed E-state index contributed by atoms with van der Waals surface area (Å²) in [5.41, 5.74) is 3.53. The molecule has 0 heterocycles. The Balaban J connectivity index is 2.15. The lowest BCUT2D eigenvalue weighted by Crippen LogP contribution is -1.88. The predicted molar refractivity (Wildman–Crippen MR) is 76.6 cm³/mol. The summed E-state index contributed by atoms with van der Waals surface area (Å²) < 4.78 is 13.2. The molecule has 2 rings (SSSR count). The number of hydrogen-bond acceptors (Lipinski definition) is 2. The minimum absolute atomic E-state index is 0.110. The zero-order valence-electron chi connectivity index (χ0n) is 10.9. The van der Waals surface area contributed by atoms with Gasteiger partial charge in [0.1, 0.15) is 11.9 Å². The van der Waals surface area contributed by atoms with Crippen LogP contribution in [0.25, 0.3) is 0 Å². The third-order valence-electron chi connectivity index (χ3n) is 2.89. The van der Waals surface area contributed by atoms with Gasteiger partial charge in [-0.05, 0) is 43.2 Å². The number of aryl methyl sites for hydroxylation is 2. The van der Waals surface area contributed by atoms with Crippen LogP contribution in [0.4, 0.5) is 4.39 Å². The third-order valence-corrected chi connectivity index (χ3v) is 4.12. The fourth-order valence-corrected chi connectivity index (χ4v) is 2.84. The number of benzene rings is 2. The van der Waals surface area contributed by atoms with E-state index in [0.29, 0.717) is 0 Å². The van der Waals surface area contributed by atoms with Crippen molar-refractivity contribution >= 4 is 11.8 Å². The highest BCUT2D eigenvalue weighted by Crippen LogP contribution is 2.27. The fraction of sp³-hybridized carbons (Fsp3) is 0.188. The molecule has 0 spiro atoms. The lowest BCUT2D eigenvalue weighted by atomic mass is 10.1. The van der Waals surface area contributed by atoms with E-state index in [2.05, 4.69) is 32.0 Å². The number of nitriles is 1. The van der Waals surface area contributed by atoms with E-state index in [1.165, 1.54) is 22.1 Å². The molecule has 0 fully saturated rings. The van der Waals surface area contributed by atoms with Crippen LogP contribution in [0, 0.1) is 31.0 Å². The summed E-state index contributed by atoms with van der Waals surface area (Å²) in [7, 11) is 0. The van der Waals surface area contributed by atoms with Gasteiger partial charge in [-0.25, -0.2) is 4.39 Å². The first-order chi connectivity index (χ1) is 9.10. The van der Waals surface area contributed by atoms with E-state index in [-0.39, 0.29) is 5.56 Å². The Hall–Kier alpha value is -1.79. The molecule has 0 amide bonds. The highest BCUT2D eigenvalue weighted by atomic mass is 32.2. The Kier molecular flexibility index (Phi) is 4.24. The van der Waals surface area contributed by atoms with Crippen molar-refractivity contribution in [3.05, 3.63) is 64.5 Å². The number of rotatable bonds is 3. The van der Waals surface area contributed by atoms with Gasteiger partial charge >= 0.3 is 0 Å². The zero-order valence-corrected chi connectivity index (χ0v) is 11.7. The second kappa shape index (κ2) is 5.90. The third kappa shape index (κ3) is 3.36. The topological polar surface area (TPSA) is 23.8 Å². The molecular formula is C16H14FNS. The molecule has 19 heavy (non-hydrogen) atoms. The molecule has 2 aromatic carbocycles. The Bertz CT molecular complexity index is 644. The summed E-state index contributed by atoms with van der Waals surface area (Å²) in [6.45, 7) is 4.14. The molecule has 0 saturated carbocycles. The van der Waals surface area contributed by atoms with Crippen LogP contribution in [-0.4, -0.2) is 0 Å². The predicted octanol–water partition coefficient (Wildman–Crippen LogP) is 4.61. The molecule has 0 atom stereocenters. The molecule has 0 bridgehead atoms. The maximum atomic E-state index is 13.2. The summed E-state index contributed by atoms with van der Waals surface area (Å²) in [5.74, 6) is 0.280. The second-order valence-corrected chi connectivity index (χ2v) is 5.50. The molecule has 0 aliphatic heterocycles. The van der Waals surface area contributed by atoms with E-state index in [4.69, 9.17) is 5.26 Å². The molecule has 3 heteroatoms. The van der Waals surface area contributed by atoms with Gasteiger partial charge in [-0.15, -0.1) is 11.8 Å². The molecular weight excluding hydrogens is 257 g/mol. The van der Waals surface area contributed by atoms with Gasteiger partial charge in [0.05, 0.1) is 5.56 Å². The van der Waals surface area contributed by atoms with Crippen LogP contribution in [0.3, 0.4) is 0 Å². The van der Waals surface area contributed by atoms with Gasteiger partial charge in [0.25, 0.3) is 0 Å². The van der Waals surface area contributed by atoms with Crippen LogP contribution in [0.2, 0.25) is 0 Å². The van der Waals surface area contributed by atoms with Crippen LogP contribution in [0.15, 0.2) is 41.3 Å². The second-order valence-electron chi connectivity index (χ2n) is 4.48. The highest BCUT2D eigenvalue weighted by Gasteiger charge is 2.05. The molecule has 96 valence electrons. The smallest absolute Gasteiger partial charge is 0.140 e. The minimum atomic E-state index is -0.456. The van der Waals surface area contributed by atoms with Crippen molar-refractivity contribution in [2.75, 3.05) is 0 Å². The zero-order chi connectivity index (χ0) is 13.8. The lowest BCUT2D eigenvalue weighted by Gasteiger charge is -2.07. The molecule has 0 aliphatic carbocycles. The van der Waals surface area contributed by atoms with Crippen molar-refractivity contribution in [1.29, 1.82) is 5.26 Å². The van der Waals surface area contributed by atoms with Crippen molar-refractivity contribution in [1.82, 2.24) is 0 Å². The van der Waals surface area contributed by atoms with E-state index in [9.17, 15) is 4.39 Å². The summed E-state index contributed by atoms with van der Waals surface area (Å²) in [4.78, 5) is 1.22. The molecule has 0 N–H and O–H groups in total. The van der Waals surface area contributed by atoms with Gasteiger partial charge in [0, 0.05) is 10.6 Å². The van der Waals surface area contributed by atoms with Crippen LogP contribution in [0.1, 0.15) is 22.3 Å². The van der Waals surface area contributed by atoms with Gasteiger partial charge in [0.2, 0.25) is 0 Å². The molecule has 0 aromatic heterocycles. The lowest BCUT2D eigenvalue weighted by molar-refractivity contribution is 0.623. The van der Waals surface area contributed by atoms with Crippen LogP contribution in [-0.2, 0) is 5.75 Å². The van der Waals surface area contributed by atoms with Gasteiger partial charge < -0.3 is 0 Å². The maximum absolute atomic E-state index is 13.2. The van der Waals surface area contributed by atoms with E-state index in [1.807, 2.05) is 6.07 Å². The normalized spacial score (nSPS) is 10.2. The van der Waals surface area contributed by atoms with Gasteiger partial charge in [-0.2, -0.15) is 5.26 Å². The number of hydrogen-bond donors (Lipinski definition) is 0. The van der Waals surface area contributed by atoms with Crippen molar-refractivity contribution in [2.45, 2.75) is 24.5 Å². The fourth-order valence-electron chi connectivity index (χ4n) is 1.77. The first kappa shape index (κ1) is 13.6. The van der Waals surface area contributed by atoms with Crippen LogP contribution in [0.5, 0.6) is 0 Å². The van der Waals surface area contributed by atoms with E-state index >= 15 is 0 Å². The molecule has 0 unspecified atom stereocenters. The Morgan fingerprint density at radius 1 is 1.16 bits per heavy atom. The van der Waals surface area contributed by atoms with Crippen molar-refractivity contribution in [2.24, 2.45) is 0 Å². The minimum Gasteiger partial charge on any atom is -0.206 e. The molecule has 0 saturated heterocycles. The quantitative estimate of drug-likeness (QED) is 0.761. The summed E-state index contributed by atoms with van der Waals surface area (Å²) in [6.07, 6.45) is 0. The summed E-state index contributed by atoms with van der Waals surface area (Å²) >= 11 is 1.71. The summed E-state index contributed by atoms with van der Waals surface area (Å²) in [6, 6.07) is 12.9. The van der Waals surface area contributed by atoms with E-state index in [1.54, 1.807) is 23.9 Å². The van der Waals surface area contributed by atoms with Crippen molar-refractivity contribution < 1.29 is 4.39 Å². The molecule has 0 radical (unpaired) electrons. The average Bonchev–Trinajstić information content (AvgIpc) is 2.41. The Morgan fingerprint density at radius 3 is 2.68 bits per heavy atom. The Labute approximate surface area is 117 Å². The van der Waals surface area contributed by atoms with E-state index in [0.717, 1.165) is 11.3 Å². The molecule has 2 aromatic rings. The molecule has 0 aliphatic rings. The SMILES string of the molecule is Cc1ccc(C)c(SCc2ccc(F)c(C#N)c2)c1. The highest BCUT2D eigenvalue weighted by molar-refractivity contribution is 7.98. The van der Waals surface area contributed by atoms with Crippen molar-refractivity contribution in [3.63, 3.8) is 0 Å². The molecule has 1 nitrogen and oxygen atoms in total. The van der Waals surface area contributed by atoms with Crippen LogP contribution >= 0.6 is 11.8 Å². The Morgan fingerprint density at radius 2 is 1.95 bits per heavy atom. The van der Waals surface area contributed by atoms with Gasteiger partial charge in [-0.3, -0.25) is 0 Å².